The third-order valence-electron chi connectivity index (χ3n) is 18.5. The highest BCUT2D eigenvalue weighted by Crippen LogP contribution is 2.37. The molecule has 0 saturated heterocycles. The summed E-state index contributed by atoms with van der Waals surface area (Å²) in [5.41, 5.74) is 19.8. The SMILES string of the molecule is CCOC(=O)COc1ccc(-c2ccc(OCCN(C)C)c(Cc3ccccc3)c2)cc1Cc1ccccc1.CN(C)CCOc1ccc(-c2ccc(OCC(=O)O)c(Cc3ccccc3)c2)cc1Cc1ccccc1.CN(C)CCOc1ccc(-c2ccc(OCC(=O)O)c(Cc3ccccc3)c2)cc1Cc1ccccc1.Cl. The number of carboxylic acid groups (broad SMARTS) is 2. The van der Waals surface area contributed by atoms with Crippen LogP contribution in [0.4, 0.5) is 0 Å². The van der Waals surface area contributed by atoms with E-state index in [9.17, 15) is 14.4 Å². The van der Waals surface area contributed by atoms with Crippen LogP contribution in [-0.2, 0) is 57.6 Å². The van der Waals surface area contributed by atoms with Crippen molar-refractivity contribution in [3.63, 3.8) is 0 Å². The standard InChI is InChI=1S/C34H37NO4.2C32H33NO4.ClH/c1-4-37-34(36)25-39-33-18-16-29(24-31(33)22-27-13-9-6-10-14-27)28-15-17-32(38-20-19-35(2)3)30(23-28)21-26-11-7-5-8-12-26;2*1-33(2)17-18-36-30-15-13-26(21-28(30)19-24-9-5-3-6-10-24)27-14-16-31(37-23-32(34)35)29(22-27)20-25-11-7-4-8-12-25;/h5-18,23-24H,4,19-22,25H2,1-3H3;2*3-16,21-22H,17-20,23H2,1-2H3,(H,34,35);1H. The highest BCUT2D eigenvalue weighted by molar-refractivity contribution is 5.85. The van der Waals surface area contributed by atoms with Crippen molar-refractivity contribution in [2.45, 2.75) is 45.4 Å². The molecule has 12 rings (SSSR count). The summed E-state index contributed by atoms with van der Waals surface area (Å²) in [5.74, 6) is 2.18. The van der Waals surface area contributed by atoms with E-state index in [0.29, 0.717) is 62.9 Å². The summed E-state index contributed by atoms with van der Waals surface area (Å²) in [4.78, 5) is 40.5. The van der Waals surface area contributed by atoms with Gasteiger partial charge in [-0.25, -0.2) is 14.4 Å². The number of hydrogen-bond acceptors (Lipinski definition) is 13. The lowest BCUT2D eigenvalue weighted by atomic mass is 9.95. The Hall–Kier alpha value is -12.0. The molecule has 0 unspecified atom stereocenters. The van der Waals surface area contributed by atoms with Gasteiger partial charge < -0.3 is 58.1 Å². The summed E-state index contributed by atoms with van der Waals surface area (Å²) in [6.07, 6.45) is 4.29. The van der Waals surface area contributed by atoms with Crippen molar-refractivity contribution in [2.75, 3.05) is 108 Å². The molecule has 0 atom stereocenters. The van der Waals surface area contributed by atoms with Crippen LogP contribution in [0, 0.1) is 0 Å². The van der Waals surface area contributed by atoms with Gasteiger partial charge in [0, 0.05) is 58.2 Å². The van der Waals surface area contributed by atoms with E-state index in [1.165, 1.54) is 22.3 Å². The van der Waals surface area contributed by atoms with Crippen LogP contribution in [0.25, 0.3) is 33.4 Å². The van der Waals surface area contributed by atoms with Crippen LogP contribution >= 0.6 is 12.4 Å². The monoisotopic (exact) mass is 1550 g/mol. The van der Waals surface area contributed by atoms with Gasteiger partial charge in [-0.05, 0) is 222 Å². The van der Waals surface area contributed by atoms with Crippen LogP contribution in [-0.4, -0.2) is 151 Å². The van der Waals surface area contributed by atoms with Crippen LogP contribution in [0.2, 0.25) is 0 Å². The zero-order chi connectivity index (χ0) is 79.5. The molecule has 0 saturated carbocycles. The highest BCUT2D eigenvalue weighted by atomic mass is 35.5. The summed E-state index contributed by atoms with van der Waals surface area (Å²) in [7, 11) is 12.2. The molecule has 0 fully saturated rings. The maximum Gasteiger partial charge on any atom is 0.344 e. The first kappa shape index (κ1) is 86.0. The fourth-order valence-corrected chi connectivity index (χ4v) is 12.8. The number of likely N-dealkylation sites (N-methyl/N-ethyl adjacent to an activating group) is 3. The number of carboxylic acids is 2. The number of aliphatic carboxylic acids is 2. The summed E-state index contributed by atoms with van der Waals surface area (Å²) >= 11 is 0. The molecule has 0 bridgehead atoms. The molecule has 12 aromatic rings. The van der Waals surface area contributed by atoms with Crippen molar-refractivity contribution in [3.05, 3.63) is 358 Å². The number of rotatable bonds is 37. The largest absolute Gasteiger partial charge is 0.492 e. The molecule has 0 spiro atoms. The Morgan fingerprint density at radius 3 is 0.649 bits per heavy atom. The lowest BCUT2D eigenvalue weighted by Crippen LogP contribution is -2.19. The maximum absolute atomic E-state index is 11.9. The second kappa shape index (κ2) is 45.5. The first-order chi connectivity index (χ1) is 55.0. The van der Waals surface area contributed by atoms with Crippen molar-refractivity contribution in [1.29, 1.82) is 0 Å². The molecule has 15 nitrogen and oxygen atoms in total. The van der Waals surface area contributed by atoms with E-state index >= 15 is 0 Å². The van der Waals surface area contributed by atoms with E-state index in [1.807, 2.05) is 151 Å². The summed E-state index contributed by atoms with van der Waals surface area (Å²) < 4.78 is 40.7. The van der Waals surface area contributed by atoms with E-state index in [1.54, 1.807) is 6.92 Å². The van der Waals surface area contributed by atoms with Gasteiger partial charge in [0.2, 0.25) is 0 Å². The van der Waals surface area contributed by atoms with Crippen LogP contribution < -0.4 is 28.4 Å². The molecule has 0 aliphatic rings. The molecule has 16 heteroatoms. The molecular weight excluding hydrogens is 1450 g/mol. The molecular formula is C98H104ClN3O12. The van der Waals surface area contributed by atoms with E-state index < -0.39 is 11.9 Å². The number of nitrogens with zero attached hydrogens (tertiary/aromatic N) is 3. The number of carbonyl (C=O) groups excluding carboxylic acids is 1. The molecule has 0 aromatic heterocycles. The normalized spacial score (nSPS) is 10.8. The minimum atomic E-state index is -0.995. The number of hydrogen-bond donors (Lipinski definition) is 2. The van der Waals surface area contributed by atoms with E-state index in [4.69, 9.17) is 43.4 Å². The Morgan fingerprint density at radius 1 is 0.272 bits per heavy atom. The minimum absolute atomic E-state index is 0. The summed E-state index contributed by atoms with van der Waals surface area (Å²) in [6, 6.07) is 98.8. The number of benzene rings is 12. The topological polar surface area (TPSA) is 166 Å². The minimum Gasteiger partial charge on any atom is -0.492 e. The Labute approximate surface area is 678 Å². The van der Waals surface area contributed by atoms with Crippen molar-refractivity contribution < 1.29 is 57.8 Å². The Bertz CT molecular complexity index is 4730. The van der Waals surface area contributed by atoms with E-state index in [2.05, 4.69) is 197 Å². The average molecular weight is 1550 g/mol. The van der Waals surface area contributed by atoms with Gasteiger partial charge in [-0.1, -0.05) is 218 Å². The smallest absolute Gasteiger partial charge is 0.344 e. The van der Waals surface area contributed by atoms with Gasteiger partial charge in [0.15, 0.2) is 19.8 Å². The molecule has 590 valence electrons. The van der Waals surface area contributed by atoms with Gasteiger partial charge in [-0.15, -0.1) is 12.4 Å². The van der Waals surface area contributed by atoms with Crippen molar-refractivity contribution in [2.24, 2.45) is 0 Å². The predicted molar refractivity (Wildman–Crippen MR) is 459 cm³/mol. The van der Waals surface area contributed by atoms with Crippen molar-refractivity contribution in [3.8, 4) is 67.9 Å². The summed E-state index contributed by atoms with van der Waals surface area (Å²) in [5, 5.41) is 18.2. The Kier molecular flexibility index (Phi) is 34.3. The molecule has 12 aromatic carbocycles. The van der Waals surface area contributed by atoms with Crippen molar-refractivity contribution in [1.82, 2.24) is 14.7 Å². The van der Waals surface area contributed by atoms with E-state index in [0.717, 1.165) is 134 Å². The molecule has 0 aliphatic heterocycles. The van der Waals surface area contributed by atoms with Crippen LogP contribution in [0.5, 0.6) is 34.5 Å². The third kappa shape index (κ3) is 28.3. The zero-order valence-electron chi connectivity index (χ0n) is 66.3. The molecule has 0 radical (unpaired) electrons. The van der Waals surface area contributed by atoms with Crippen molar-refractivity contribution >= 4 is 30.3 Å². The first-order valence-corrected chi connectivity index (χ1v) is 38.3. The quantitative estimate of drug-likeness (QED) is 0.0353. The first-order valence-electron chi connectivity index (χ1n) is 38.3. The van der Waals surface area contributed by atoms with Gasteiger partial charge in [0.05, 0.1) is 6.61 Å². The number of esters is 1. The number of halogens is 1. The van der Waals surface area contributed by atoms with E-state index in [-0.39, 0.29) is 38.2 Å². The maximum atomic E-state index is 11.9. The highest BCUT2D eigenvalue weighted by Gasteiger charge is 2.18. The van der Waals surface area contributed by atoms with Gasteiger partial charge in [-0.2, -0.15) is 0 Å². The van der Waals surface area contributed by atoms with Gasteiger partial charge in [0.1, 0.15) is 54.3 Å². The second-order valence-electron chi connectivity index (χ2n) is 28.3. The van der Waals surface area contributed by atoms with Crippen LogP contribution in [0.15, 0.2) is 291 Å². The predicted octanol–water partition coefficient (Wildman–Crippen LogP) is 18.7. The molecule has 0 amide bonds. The zero-order valence-corrected chi connectivity index (χ0v) is 67.1. The third-order valence-corrected chi connectivity index (χ3v) is 18.5. The average Bonchev–Trinajstić information content (AvgIpc) is 0.816. The molecule has 0 heterocycles. The second-order valence-corrected chi connectivity index (χ2v) is 28.3. The van der Waals surface area contributed by atoms with Gasteiger partial charge >= 0.3 is 17.9 Å². The fourth-order valence-electron chi connectivity index (χ4n) is 12.8. The lowest BCUT2D eigenvalue weighted by Gasteiger charge is -2.17. The molecule has 114 heavy (non-hydrogen) atoms. The van der Waals surface area contributed by atoms with Crippen LogP contribution in [0.1, 0.15) is 73.7 Å². The molecule has 2 N–H and O–H groups in total. The lowest BCUT2D eigenvalue weighted by molar-refractivity contribution is -0.145. The molecule has 0 aliphatic carbocycles. The van der Waals surface area contributed by atoms with Crippen LogP contribution in [0.3, 0.4) is 0 Å². The summed E-state index contributed by atoms with van der Waals surface area (Å²) in [6.45, 7) is 5.65. The Morgan fingerprint density at radius 2 is 0.465 bits per heavy atom. The van der Waals surface area contributed by atoms with Gasteiger partial charge in [0.25, 0.3) is 0 Å². The number of carbonyl (C=O) groups is 3. The number of ether oxygens (including phenoxy) is 7. The van der Waals surface area contributed by atoms with Gasteiger partial charge in [-0.3, -0.25) is 0 Å². The fraction of sp³-hybridized carbons (Fsp3) is 0.235. The Balaban J connectivity index is 0.000000195.